The molecule has 0 fully saturated rings. The summed E-state index contributed by atoms with van der Waals surface area (Å²) in [6.45, 7) is 2.72. The maximum atomic E-state index is 12.7. The van der Waals surface area contributed by atoms with E-state index < -0.39 is 17.6 Å². The minimum Gasteiger partial charge on any atom is -0.321 e. The van der Waals surface area contributed by atoms with Crippen LogP contribution in [0.2, 0.25) is 0 Å². The molecule has 130 valence electrons. The Balaban J connectivity index is 0.00000208. The Kier molecular flexibility index (Phi) is 5.19. The number of halogens is 4. The molecule has 0 atom stereocenters. The molecular formula is C15H16ClF3N4O. The Morgan fingerprint density at radius 1 is 1.33 bits per heavy atom. The summed E-state index contributed by atoms with van der Waals surface area (Å²) in [6.07, 6.45) is -3.64. The van der Waals surface area contributed by atoms with Crippen molar-refractivity contribution in [2.24, 2.45) is 0 Å². The van der Waals surface area contributed by atoms with Gasteiger partial charge in [0.15, 0.2) is 5.69 Å². The first-order valence-electron chi connectivity index (χ1n) is 7.12. The van der Waals surface area contributed by atoms with Crippen molar-refractivity contribution in [1.82, 2.24) is 15.5 Å². The van der Waals surface area contributed by atoms with Gasteiger partial charge in [-0.15, -0.1) is 12.4 Å². The van der Waals surface area contributed by atoms with Crippen molar-refractivity contribution in [2.45, 2.75) is 26.1 Å². The van der Waals surface area contributed by atoms with Crippen LogP contribution in [0, 0.1) is 6.92 Å². The van der Waals surface area contributed by atoms with Crippen LogP contribution in [0.5, 0.6) is 0 Å². The summed E-state index contributed by atoms with van der Waals surface area (Å²) in [4.78, 5) is 12.3. The highest BCUT2D eigenvalue weighted by Gasteiger charge is 2.32. The third kappa shape index (κ3) is 3.54. The molecule has 1 aliphatic heterocycles. The molecule has 24 heavy (non-hydrogen) atoms. The van der Waals surface area contributed by atoms with Crippen LogP contribution in [-0.2, 0) is 19.1 Å². The van der Waals surface area contributed by atoms with Crippen LogP contribution in [0.3, 0.4) is 0 Å². The maximum Gasteiger partial charge on any atom is 0.416 e. The van der Waals surface area contributed by atoms with Gasteiger partial charge >= 0.3 is 6.18 Å². The number of hydrogen-bond donors (Lipinski definition) is 3. The van der Waals surface area contributed by atoms with Gasteiger partial charge in [0.2, 0.25) is 0 Å². The number of fused-ring (bicyclic) bond motifs is 1. The van der Waals surface area contributed by atoms with Crippen molar-refractivity contribution in [3.63, 3.8) is 0 Å². The van der Waals surface area contributed by atoms with Crippen LogP contribution < -0.4 is 10.6 Å². The highest BCUT2D eigenvalue weighted by atomic mass is 35.5. The molecule has 0 radical (unpaired) electrons. The Labute approximate surface area is 142 Å². The fourth-order valence-corrected chi connectivity index (χ4v) is 2.66. The second kappa shape index (κ2) is 6.82. The van der Waals surface area contributed by atoms with Crippen LogP contribution >= 0.6 is 12.4 Å². The van der Waals surface area contributed by atoms with Crippen molar-refractivity contribution in [1.29, 1.82) is 0 Å². The number of nitrogens with zero attached hydrogens (tertiary/aromatic N) is 1. The lowest BCUT2D eigenvalue weighted by molar-refractivity contribution is -0.138. The van der Waals surface area contributed by atoms with Gasteiger partial charge in [0.25, 0.3) is 5.91 Å². The topological polar surface area (TPSA) is 69.8 Å². The number of alkyl halides is 3. The highest BCUT2D eigenvalue weighted by molar-refractivity contribution is 6.04. The fourth-order valence-electron chi connectivity index (χ4n) is 2.66. The normalized spacial score (nSPS) is 13.8. The van der Waals surface area contributed by atoms with Gasteiger partial charge in [-0.05, 0) is 30.7 Å². The summed E-state index contributed by atoms with van der Waals surface area (Å²) in [5.74, 6) is -0.439. The van der Waals surface area contributed by atoms with Crippen molar-refractivity contribution < 1.29 is 18.0 Å². The minimum absolute atomic E-state index is 0. The van der Waals surface area contributed by atoms with Gasteiger partial charge in [-0.3, -0.25) is 9.89 Å². The second-order valence-corrected chi connectivity index (χ2v) is 5.44. The molecule has 1 aromatic carbocycles. The minimum atomic E-state index is -4.40. The molecular weight excluding hydrogens is 345 g/mol. The average Bonchev–Trinajstić information content (AvgIpc) is 2.90. The number of hydrogen-bond acceptors (Lipinski definition) is 3. The number of benzene rings is 1. The van der Waals surface area contributed by atoms with E-state index in [4.69, 9.17) is 0 Å². The van der Waals surface area contributed by atoms with Crippen molar-refractivity contribution in [2.75, 3.05) is 11.9 Å². The Hall–Kier alpha value is -2.06. The zero-order valence-electron chi connectivity index (χ0n) is 12.8. The standard InChI is InChI=1S/C15H15F3N4O.ClH/c1-8-6-9(2-3-11(8)15(16,17)18)20-14(23)13-10-7-19-5-4-12(10)21-22-13;/h2-3,6,19H,4-5,7H2,1H3,(H,20,23)(H,21,22);1H. The highest BCUT2D eigenvalue weighted by Crippen LogP contribution is 2.33. The number of anilines is 1. The molecule has 0 saturated heterocycles. The molecule has 5 nitrogen and oxygen atoms in total. The van der Waals surface area contributed by atoms with Gasteiger partial charge in [0.05, 0.1) is 5.56 Å². The van der Waals surface area contributed by atoms with Crippen LogP contribution in [-0.4, -0.2) is 22.6 Å². The van der Waals surface area contributed by atoms with E-state index in [1.165, 1.54) is 19.1 Å². The first-order valence-corrected chi connectivity index (χ1v) is 7.12. The molecule has 0 saturated carbocycles. The first kappa shape index (κ1) is 18.3. The molecule has 1 amide bonds. The van der Waals surface area contributed by atoms with E-state index in [0.29, 0.717) is 12.2 Å². The van der Waals surface area contributed by atoms with Crippen molar-refractivity contribution in [3.8, 4) is 0 Å². The Morgan fingerprint density at radius 2 is 2.08 bits per heavy atom. The summed E-state index contributed by atoms with van der Waals surface area (Å²) in [6, 6.07) is 3.51. The third-order valence-corrected chi connectivity index (χ3v) is 3.81. The number of nitrogens with one attached hydrogen (secondary N) is 3. The molecule has 3 N–H and O–H groups in total. The zero-order valence-corrected chi connectivity index (χ0v) is 13.6. The first-order chi connectivity index (χ1) is 10.9. The molecule has 3 rings (SSSR count). The van der Waals surface area contributed by atoms with Gasteiger partial charge < -0.3 is 10.6 Å². The number of carbonyl (C=O) groups excluding carboxylic acids is 1. The third-order valence-electron chi connectivity index (χ3n) is 3.81. The van der Waals surface area contributed by atoms with Gasteiger partial charge in [0.1, 0.15) is 0 Å². The molecule has 0 aliphatic carbocycles. The second-order valence-electron chi connectivity index (χ2n) is 5.44. The van der Waals surface area contributed by atoms with Crippen molar-refractivity contribution >= 4 is 24.0 Å². The molecule has 0 bridgehead atoms. The number of aromatic amines is 1. The molecule has 0 spiro atoms. The van der Waals surface area contributed by atoms with Gasteiger partial charge in [-0.1, -0.05) is 0 Å². The number of carbonyl (C=O) groups is 1. The summed E-state index contributed by atoms with van der Waals surface area (Å²) >= 11 is 0. The smallest absolute Gasteiger partial charge is 0.321 e. The number of amides is 1. The monoisotopic (exact) mass is 360 g/mol. The molecule has 9 heteroatoms. The van der Waals surface area contributed by atoms with Gasteiger partial charge in [-0.25, -0.2) is 0 Å². The number of rotatable bonds is 2. The van der Waals surface area contributed by atoms with E-state index in [1.807, 2.05) is 0 Å². The average molecular weight is 361 g/mol. The summed E-state index contributed by atoms with van der Waals surface area (Å²) in [5.41, 5.74) is 1.64. The molecule has 2 heterocycles. The van der Waals surface area contributed by atoms with Crippen LogP contribution in [0.1, 0.15) is 32.9 Å². The van der Waals surface area contributed by atoms with Gasteiger partial charge in [0, 0.05) is 36.5 Å². The van der Waals surface area contributed by atoms with Crippen molar-refractivity contribution in [3.05, 3.63) is 46.3 Å². The Bertz CT molecular complexity index is 758. The summed E-state index contributed by atoms with van der Waals surface area (Å²) in [5, 5.41) is 12.6. The number of aromatic nitrogens is 2. The SMILES string of the molecule is Cc1cc(NC(=O)c2n[nH]c3c2CNCC3)ccc1C(F)(F)F.Cl. The lowest BCUT2D eigenvalue weighted by Gasteiger charge is -2.14. The van der Waals surface area contributed by atoms with E-state index in [9.17, 15) is 18.0 Å². The van der Waals surface area contributed by atoms with E-state index in [0.717, 1.165) is 30.3 Å². The molecule has 0 unspecified atom stereocenters. The lowest BCUT2D eigenvalue weighted by atomic mass is 10.1. The fraction of sp³-hybridized carbons (Fsp3) is 0.333. The van der Waals surface area contributed by atoms with Crippen LogP contribution in [0.15, 0.2) is 18.2 Å². The maximum absolute atomic E-state index is 12.7. The zero-order chi connectivity index (χ0) is 16.6. The lowest BCUT2D eigenvalue weighted by Crippen LogP contribution is -2.25. The molecule has 2 aromatic rings. The molecule has 1 aliphatic rings. The van der Waals surface area contributed by atoms with E-state index in [-0.39, 0.29) is 23.7 Å². The summed E-state index contributed by atoms with van der Waals surface area (Å²) in [7, 11) is 0. The number of H-pyrrole nitrogens is 1. The van der Waals surface area contributed by atoms with E-state index in [2.05, 4.69) is 20.8 Å². The molecule has 1 aromatic heterocycles. The Morgan fingerprint density at radius 3 is 2.75 bits per heavy atom. The predicted octanol–water partition coefficient (Wildman–Crippen LogP) is 3.06. The van der Waals surface area contributed by atoms with E-state index >= 15 is 0 Å². The van der Waals surface area contributed by atoms with Crippen LogP contribution in [0.25, 0.3) is 0 Å². The predicted molar refractivity (Wildman–Crippen MR) is 85.4 cm³/mol. The largest absolute Gasteiger partial charge is 0.416 e. The van der Waals surface area contributed by atoms with Crippen LogP contribution in [0.4, 0.5) is 18.9 Å². The van der Waals surface area contributed by atoms with Gasteiger partial charge in [-0.2, -0.15) is 18.3 Å². The quantitative estimate of drug-likeness (QED) is 0.771. The number of aryl methyl sites for hydroxylation is 1. The summed E-state index contributed by atoms with van der Waals surface area (Å²) < 4.78 is 38.2. The van der Waals surface area contributed by atoms with E-state index in [1.54, 1.807) is 0 Å².